The molecule has 0 aliphatic rings. The van der Waals surface area contributed by atoms with Crippen LogP contribution in [0.2, 0.25) is 0 Å². The molecule has 0 aliphatic carbocycles. The molecule has 4 rings (SSSR count). The van der Waals surface area contributed by atoms with Gasteiger partial charge in [-0.2, -0.15) is 13.2 Å². The second kappa shape index (κ2) is 18.9. The summed E-state index contributed by atoms with van der Waals surface area (Å²) in [7, 11) is 0. The number of hydrogen-bond donors (Lipinski definition) is 8. The Bertz CT molecular complexity index is 1970. The molecule has 0 aromatic heterocycles. The fraction of sp³-hybridized carbons (Fsp3) is 0.263. The van der Waals surface area contributed by atoms with Crippen molar-refractivity contribution in [3.8, 4) is 0 Å². The molecule has 0 heterocycles. The van der Waals surface area contributed by atoms with Crippen LogP contribution in [0.15, 0.2) is 102 Å². The summed E-state index contributed by atoms with van der Waals surface area (Å²) in [6, 6.07) is 28.2. The molecular weight excluding hydrogens is 705 g/mol. The molecule has 12 N–H and O–H groups in total. The van der Waals surface area contributed by atoms with Crippen molar-refractivity contribution in [1.29, 1.82) is 5.41 Å². The largest absolute Gasteiger partial charge is 0.490 e. The Morgan fingerprint density at radius 1 is 0.796 bits per heavy atom. The van der Waals surface area contributed by atoms with Crippen LogP contribution in [0.5, 0.6) is 0 Å². The number of fused-ring (bicyclic) bond motifs is 1. The number of guanidine groups is 1. The van der Waals surface area contributed by atoms with Crippen molar-refractivity contribution < 1.29 is 37.5 Å². The number of halogens is 3. The molecule has 4 aromatic carbocycles. The fourth-order valence-electron chi connectivity index (χ4n) is 5.52. The average molecular weight is 749 g/mol. The van der Waals surface area contributed by atoms with Crippen molar-refractivity contribution in [2.24, 2.45) is 27.9 Å². The van der Waals surface area contributed by atoms with Gasteiger partial charge in [0.15, 0.2) is 5.96 Å². The number of carbonyl (C=O) groups excluding carboxylic acids is 3. The van der Waals surface area contributed by atoms with E-state index in [1.54, 1.807) is 12.1 Å². The summed E-state index contributed by atoms with van der Waals surface area (Å²) < 4.78 is 31.7. The number of amidine groups is 1. The summed E-state index contributed by atoms with van der Waals surface area (Å²) in [5.74, 6) is -4.50. The van der Waals surface area contributed by atoms with E-state index in [9.17, 15) is 27.6 Å². The molecule has 0 fully saturated rings. The Morgan fingerprint density at radius 2 is 1.37 bits per heavy atom. The maximum absolute atomic E-state index is 14.4. The number of carboxylic acids is 1. The molecule has 3 amide bonds. The number of carboxylic acid groups (broad SMARTS) is 1. The van der Waals surface area contributed by atoms with E-state index in [-0.39, 0.29) is 37.1 Å². The Kier molecular flexibility index (Phi) is 14.7. The maximum atomic E-state index is 14.4. The first-order valence-electron chi connectivity index (χ1n) is 16.6. The van der Waals surface area contributed by atoms with Crippen LogP contribution < -0.4 is 33.6 Å². The van der Waals surface area contributed by atoms with Crippen LogP contribution in [-0.2, 0) is 37.4 Å². The number of hydrogen-bond acceptors (Lipinski definition) is 6. The van der Waals surface area contributed by atoms with Crippen molar-refractivity contribution in [2.75, 3.05) is 6.54 Å². The molecule has 54 heavy (non-hydrogen) atoms. The van der Waals surface area contributed by atoms with Gasteiger partial charge in [-0.05, 0) is 53.6 Å². The molecule has 1 unspecified atom stereocenters. The van der Waals surface area contributed by atoms with Gasteiger partial charge in [0.2, 0.25) is 17.7 Å². The molecule has 0 saturated carbocycles. The van der Waals surface area contributed by atoms with Crippen LogP contribution >= 0.6 is 0 Å². The number of carbonyl (C=O) groups is 4. The number of alkyl halides is 3. The topological polar surface area (TPSA) is 253 Å². The SMILES string of the molecule is C[C@@](Cc1ccc(C(=N)N)cc1)(C(=O)N[C@@H](Cc1ccc2ccccc2c1)C(=O)NC(CCCN=C(N)N)C(N)=O)c1ccccc1.O=C(O)C(F)(F)F. The average Bonchev–Trinajstić information content (AvgIpc) is 3.12. The Balaban J connectivity index is 0.00000102. The number of nitrogen functional groups attached to an aromatic ring is 1. The van der Waals surface area contributed by atoms with Gasteiger partial charge in [-0.15, -0.1) is 0 Å². The monoisotopic (exact) mass is 748 g/mol. The van der Waals surface area contributed by atoms with Gasteiger partial charge in [-0.1, -0.05) is 97.1 Å². The molecule has 3 atom stereocenters. The van der Waals surface area contributed by atoms with E-state index in [0.717, 1.165) is 27.5 Å². The highest BCUT2D eigenvalue weighted by atomic mass is 19.4. The number of aliphatic imine (C=N–C) groups is 1. The third kappa shape index (κ3) is 12.4. The van der Waals surface area contributed by atoms with Gasteiger partial charge in [0.25, 0.3) is 0 Å². The third-order valence-corrected chi connectivity index (χ3v) is 8.46. The molecule has 13 nitrogen and oxygen atoms in total. The first kappa shape index (κ1) is 42.0. The van der Waals surface area contributed by atoms with E-state index in [1.807, 2.05) is 91.9 Å². The lowest BCUT2D eigenvalue weighted by Crippen LogP contribution is -2.56. The van der Waals surface area contributed by atoms with Crippen molar-refractivity contribution in [1.82, 2.24) is 10.6 Å². The Labute approximate surface area is 309 Å². The summed E-state index contributed by atoms with van der Waals surface area (Å²) in [5.41, 5.74) is 24.0. The molecule has 0 spiro atoms. The van der Waals surface area contributed by atoms with Crippen LogP contribution in [0, 0.1) is 5.41 Å². The number of aliphatic carboxylic acids is 1. The van der Waals surface area contributed by atoms with Crippen LogP contribution in [-0.4, -0.2) is 65.4 Å². The molecule has 0 aliphatic heterocycles. The lowest BCUT2D eigenvalue weighted by Gasteiger charge is -2.32. The summed E-state index contributed by atoms with van der Waals surface area (Å²) in [4.78, 5) is 53.4. The third-order valence-electron chi connectivity index (χ3n) is 8.46. The van der Waals surface area contributed by atoms with E-state index >= 15 is 0 Å². The van der Waals surface area contributed by atoms with Gasteiger partial charge in [-0.25, -0.2) is 4.79 Å². The fourth-order valence-corrected chi connectivity index (χ4v) is 5.52. The summed E-state index contributed by atoms with van der Waals surface area (Å²) in [6.45, 7) is 2.10. The van der Waals surface area contributed by atoms with Crippen LogP contribution in [0.4, 0.5) is 13.2 Å². The predicted molar refractivity (Wildman–Crippen MR) is 199 cm³/mol. The minimum absolute atomic E-state index is 0.0480. The molecule has 4 aromatic rings. The van der Waals surface area contributed by atoms with Crippen LogP contribution in [0.3, 0.4) is 0 Å². The smallest absolute Gasteiger partial charge is 0.475 e. The number of primary amides is 1. The Hall–Kier alpha value is -6.45. The number of nitrogens with zero attached hydrogens (tertiary/aromatic N) is 1. The summed E-state index contributed by atoms with van der Waals surface area (Å²) in [5, 5.41) is 22.6. The van der Waals surface area contributed by atoms with Gasteiger partial charge in [0, 0.05) is 18.5 Å². The molecular formula is C38H43F3N8O5. The number of amides is 3. The highest BCUT2D eigenvalue weighted by molar-refractivity contribution is 5.96. The highest BCUT2D eigenvalue weighted by Crippen LogP contribution is 2.29. The highest BCUT2D eigenvalue weighted by Gasteiger charge is 2.39. The second-order valence-corrected chi connectivity index (χ2v) is 12.6. The summed E-state index contributed by atoms with van der Waals surface area (Å²) in [6.07, 6.45) is -3.99. The van der Waals surface area contributed by atoms with Gasteiger partial charge in [0.1, 0.15) is 17.9 Å². The molecule has 16 heteroatoms. The number of nitrogens with two attached hydrogens (primary N) is 4. The van der Waals surface area contributed by atoms with E-state index in [2.05, 4.69) is 15.6 Å². The minimum atomic E-state index is -5.08. The van der Waals surface area contributed by atoms with Gasteiger partial charge < -0.3 is 38.7 Å². The minimum Gasteiger partial charge on any atom is -0.475 e. The second-order valence-electron chi connectivity index (χ2n) is 12.6. The maximum Gasteiger partial charge on any atom is 0.490 e. The van der Waals surface area contributed by atoms with E-state index in [0.29, 0.717) is 18.4 Å². The van der Waals surface area contributed by atoms with Crippen molar-refractivity contribution in [3.63, 3.8) is 0 Å². The zero-order valence-electron chi connectivity index (χ0n) is 29.4. The zero-order valence-corrected chi connectivity index (χ0v) is 29.4. The molecule has 286 valence electrons. The van der Waals surface area contributed by atoms with Crippen molar-refractivity contribution in [3.05, 3.63) is 119 Å². The first-order chi connectivity index (χ1) is 25.4. The van der Waals surface area contributed by atoms with Crippen molar-refractivity contribution >= 4 is 46.3 Å². The van der Waals surface area contributed by atoms with E-state index in [4.69, 9.17) is 38.2 Å². The number of benzene rings is 4. The van der Waals surface area contributed by atoms with E-state index < -0.39 is 41.5 Å². The zero-order chi connectivity index (χ0) is 40.1. The van der Waals surface area contributed by atoms with E-state index in [1.165, 1.54) is 0 Å². The van der Waals surface area contributed by atoms with Gasteiger partial charge in [-0.3, -0.25) is 24.8 Å². The predicted octanol–water partition coefficient (Wildman–Crippen LogP) is 3.01. The van der Waals surface area contributed by atoms with Crippen LogP contribution in [0.25, 0.3) is 10.8 Å². The molecule has 0 radical (unpaired) electrons. The quantitative estimate of drug-likeness (QED) is 0.0508. The molecule has 0 bridgehead atoms. The standard InChI is InChI=1S/C36H42N8O3.C2HF3O2/c1-36(28-10-3-2-4-11-28,22-23-13-17-26(18-14-23)31(37)38)34(47)44-30(21-24-15-16-25-8-5-6-9-27(25)20-24)33(46)43-29(32(39)45)12-7-19-42-35(40)41;3-2(4,5)1(6)7/h2-6,8-11,13-18,20,29-30H,7,12,19,21-22H2,1H3,(H3,37,38)(H2,39,45)(H,43,46)(H,44,47)(H4,40,41,42);(H,6,7)/t29?,30-,36-;/m0./s1. The van der Waals surface area contributed by atoms with Crippen molar-refractivity contribution in [2.45, 2.75) is 56.3 Å². The lowest BCUT2D eigenvalue weighted by atomic mass is 9.76. The number of nitrogens with one attached hydrogen (secondary N) is 3. The van der Waals surface area contributed by atoms with Gasteiger partial charge >= 0.3 is 12.1 Å². The summed E-state index contributed by atoms with van der Waals surface area (Å²) >= 11 is 0. The van der Waals surface area contributed by atoms with Gasteiger partial charge in [0.05, 0.1) is 5.41 Å². The normalized spacial score (nSPS) is 13.2. The molecule has 0 saturated heterocycles. The Morgan fingerprint density at radius 3 is 1.93 bits per heavy atom. The van der Waals surface area contributed by atoms with Crippen LogP contribution in [0.1, 0.15) is 42.0 Å². The first-order valence-corrected chi connectivity index (χ1v) is 16.6. The number of rotatable bonds is 15. The lowest BCUT2D eigenvalue weighted by molar-refractivity contribution is -0.192.